The van der Waals surface area contributed by atoms with Crippen LogP contribution in [0.2, 0.25) is 0 Å². The van der Waals surface area contributed by atoms with Crippen LogP contribution in [0.25, 0.3) is 22.3 Å². The number of hydrogen-bond donors (Lipinski definition) is 4. The molecule has 0 bridgehead atoms. The van der Waals surface area contributed by atoms with E-state index in [0.29, 0.717) is 124 Å². The Morgan fingerprint density at radius 3 is 1.11 bits per heavy atom. The van der Waals surface area contributed by atoms with Crippen LogP contribution in [0.4, 0.5) is 11.9 Å². The fourth-order valence-electron chi connectivity index (χ4n) is 18.5. The predicted molar refractivity (Wildman–Crippen MR) is 444 cm³/mol. The summed E-state index contributed by atoms with van der Waals surface area (Å²) in [7, 11) is 0. The third-order valence-corrected chi connectivity index (χ3v) is 25.3. The minimum Gasteiger partial charge on any atom is -0.390 e. The van der Waals surface area contributed by atoms with Crippen LogP contribution in [-0.4, -0.2) is 181 Å². The Morgan fingerprint density at radius 1 is 0.412 bits per heavy atom. The Kier molecular flexibility index (Phi) is 30.0. The molecule has 8 aromatic rings. The van der Waals surface area contributed by atoms with Crippen molar-refractivity contribution in [3.05, 3.63) is 168 Å². The first kappa shape index (κ1) is 84.4. The van der Waals surface area contributed by atoms with Gasteiger partial charge in [-0.25, -0.2) is 19.9 Å². The van der Waals surface area contributed by atoms with Gasteiger partial charge in [0, 0.05) is 129 Å². The number of Topliss-reactive ketones (excluding diaryl/α,β-unsaturated/α-hetero) is 4. The van der Waals surface area contributed by atoms with E-state index < -0.39 is 36.5 Å². The molecular weight excluding hydrogens is 1430 g/mol. The van der Waals surface area contributed by atoms with E-state index in [2.05, 4.69) is 114 Å². The highest BCUT2D eigenvalue weighted by molar-refractivity contribution is 5.81. The molecule has 12 atom stereocenters. The molecule has 7 aliphatic rings. The van der Waals surface area contributed by atoms with Gasteiger partial charge >= 0.3 is 0 Å². The van der Waals surface area contributed by atoms with Gasteiger partial charge in [-0.05, 0) is 122 Å². The van der Waals surface area contributed by atoms with Gasteiger partial charge in [-0.1, -0.05) is 188 Å². The van der Waals surface area contributed by atoms with Gasteiger partial charge in [0.25, 0.3) is 0 Å². The first-order valence-corrected chi connectivity index (χ1v) is 42.7. The number of benzene rings is 4. The average molecular weight is 1560 g/mol. The van der Waals surface area contributed by atoms with Crippen molar-refractivity contribution in [3.63, 3.8) is 0 Å². The molecule has 4 saturated heterocycles. The van der Waals surface area contributed by atoms with Crippen molar-refractivity contribution in [3.8, 4) is 0 Å². The lowest BCUT2D eigenvalue weighted by molar-refractivity contribution is -0.128. The van der Waals surface area contributed by atoms with E-state index in [4.69, 9.17) is 29.9 Å². The van der Waals surface area contributed by atoms with Crippen LogP contribution < -0.4 is 9.80 Å². The number of aliphatic hydroxyl groups excluding tert-OH is 4. The molecule has 4 N–H and O–H groups in total. The Morgan fingerprint density at radius 2 is 0.754 bits per heavy atom. The van der Waals surface area contributed by atoms with Crippen LogP contribution in [0.1, 0.15) is 240 Å². The number of aromatic nitrogens is 8. The van der Waals surface area contributed by atoms with E-state index in [0.717, 1.165) is 94.7 Å². The number of rotatable bonds is 27. The minimum atomic E-state index is -1.06. The lowest BCUT2D eigenvalue weighted by Crippen LogP contribution is -2.30. The van der Waals surface area contributed by atoms with E-state index >= 15 is 0 Å². The maximum Gasteiger partial charge on any atom is 0.227 e. The molecule has 4 aromatic carbocycles. The van der Waals surface area contributed by atoms with Crippen molar-refractivity contribution in [1.29, 1.82) is 0 Å². The quantitative estimate of drug-likeness (QED) is 0.0372. The molecule has 4 aliphatic heterocycles. The predicted octanol–water partition coefficient (Wildman–Crippen LogP) is 13.9. The molecule has 0 spiro atoms. The maximum atomic E-state index is 13.2. The highest BCUT2D eigenvalue weighted by Gasteiger charge is 2.46. The van der Waals surface area contributed by atoms with Crippen molar-refractivity contribution in [2.75, 3.05) is 62.2 Å². The fourth-order valence-corrected chi connectivity index (χ4v) is 18.5. The van der Waals surface area contributed by atoms with Crippen molar-refractivity contribution in [2.45, 2.75) is 244 Å². The molecule has 0 unspecified atom stereocenters. The van der Waals surface area contributed by atoms with Gasteiger partial charge in [0.05, 0.1) is 48.3 Å². The summed E-state index contributed by atoms with van der Waals surface area (Å²) >= 11 is 0. The van der Waals surface area contributed by atoms with Crippen LogP contribution >= 0.6 is 0 Å². The molecule has 8 heterocycles. The van der Waals surface area contributed by atoms with Gasteiger partial charge in [-0.15, -0.1) is 0 Å². The summed E-state index contributed by atoms with van der Waals surface area (Å²) in [6, 6.07) is 41.3. The standard InChI is InChI=1S/C42H52N6O5.C34H41N5O3.C10H17NO2.C6H12/c1-3-33(50)22-32-23-37(40(53)39(32)52)48-26-43-38-36(15-14-35(30-10-6-4-7-11-30)31-12-8-5-9-13-31)44-42(45-41(38)48)47-19-17-29(25-47)21-34(51)20-28-16-18-46(24-28)27(2)49;1-3-26(40)18-25-19-29(32(42)31(25)41)39-21-35-30-28(36-34(37-33(30)39)38-17-16-22(2)20-38)15-14-27(23-10-6-4-7-11-23)24-12-8-5-9-13-24;1-3-10(13)6-9-4-5-11(7-9)8(2)12;1-2-4-6-5-3-1/h4-13,26,28-29,32,35,37,39-40,52-53H,3,14-25H2,1-2H3;4-13,21-22,25,27,29,31-32,41-42H,3,14-20H2,1-2H3;9H,3-7H2,1-2H3;1-6H2/t28-,29-,32-,37+,39+,40-;22-,25+,29-,31-,32+;9-;/m010./s1. The van der Waals surface area contributed by atoms with Crippen LogP contribution in [0.15, 0.2) is 134 Å². The minimum absolute atomic E-state index is 0.0685. The van der Waals surface area contributed by atoms with Crippen LogP contribution in [0.5, 0.6) is 0 Å². The number of anilines is 2. The van der Waals surface area contributed by atoms with Gasteiger partial charge in [-0.3, -0.25) is 28.8 Å². The van der Waals surface area contributed by atoms with Crippen LogP contribution in [0, 0.1) is 35.5 Å². The van der Waals surface area contributed by atoms with Crippen LogP contribution in [-0.2, 0) is 41.6 Å². The highest BCUT2D eigenvalue weighted by Crippen LogP contribution is 2.43. The van der Waals surface area contributed by atoms with Crippen molar-refractivity contribution in [1.82, 2.24) is 48.8 Å². The fraction of sp³-hybridized carbons (Fsp3) is 0.565. The monoisotopic (exact) mass is 1550 g/mol. The molecule has 22 nitrogen and oxygen atoms in total. The SMILES string of the molecule is C1CCCCC1.CCC(=O)C[C@@H]1CCN(C(C)=O)C1.CCC(=O)C[C@H]1C[C@@H](n2cnc3c(CCC(c4ccccc4)c4ccccc4)nc(N4CC[C@@H](C)C4)nc32)[C@H](O)[C@@H]1O.CCC(=O)C[C@H]1C[C@@H](n2cnc3c(CCC(c4ccccc4)c4ccccc4)nc(N4CC[C@@H](CC(=O)C[C@@H]5CCN(C(C)=O)C5)C4)nc32)[C@H](O)[C@@H]1O. The second kappa shape index (κ2) is 40.6. The second-order valence-electron chi connectivity index (χ2n) is 33.5. The zero-order valence-corrected chi connectivity index (χ0v) is 68.0. The molecule has 3 saturated carbocycles. The Bertz CT molecular complexity index is 4370. The molecular formula is C92H122N12O10. The number of likely N-dealkylation sites (tertiary alicyclic amines) is 2. The van der Waals surface area contributed by atoms with E-state index in [-0.39, 0.29) is 77.5 Å². The Hall–Kier alpha value is -8.96. The number of imidazole rings is 2. The largest absolute Gasteiger partial charge is 0.390 e. The van der Waals surface area contributed by atoms with Crippen LogP contribution in [0.3, 0.4) is 0 Å². The number of carbonyl (C=O) groups excluding carboxylic acids is 6. The van der Waals surface area contributed by atoms with Gasteiger partial charge < -0.3 is 49.2 Å². The summed E-state index contributed by atoms with van der Waals surface area (Å²) < 4.78 is 3.79. The zero-order chi connectivity index (χ0) is 80.4. The molecule has 22 heteroatoms. The topological polar surface area (TPSA) is 284 Å². The number of aliphatic hydroxyl groups is 4. The summed E-state index contributed by atoms with van der Waals surface area (Å²) in [6.07, 6.45) is 19.8. The Labute approximate surface area is 673 Å². The maximum absolute atomic E-state index is 13.2. The van der Waals surface area contributed by atoms with Gasteiger partial charge in [0.2, 0.25) is 23.7 Å². The molecule has 4 aromatic heterocycles. The third kappa shape index (κ3) is 21.6. The molecule has 0 radical (unpaired) electrons. The number of ketones is 4. The number of nitrogens with zero attached hydrogens (tertiary/aromatic N) is 12. The van der Waals surface area contributed by atoms with E-state index in [1.807, 2.05) is 64.0 Å². The number of amides is 2. The summed E-state index contributed by atoms with van der Waals surface area (Å²) in [5, 5.41) is 44.2. The van der Waals surface area contributed by atoms with E-state index in [1.54, 1.807) is 26.5 Å². The highest BCUT2D eigenvalue weighted by atomic mass is 16.3. The second-order valence-corrected chi connectivity index (χ2v) is 33.5. The van der Waals surface area contributed by atoms with E-state index in [1.165, 1.54) is 60.8 Å². The zero-order valence-electron chi connectivity index (χ0n) is 68.0. The average Bonchev–Trinajstić information content (AvgIpc) is 1.61. The normalized spacial score (nSPS) is 24.1. The molecule has 7 fully saturated rings. The number of aryl methyl sites for hydroxylation is 2. The number of hydrogen-bond acceptors (Lipinski definition) is 18. The van der Waals surface area contributed by atoms with Crippen molar-refractivity contribution < 1.29 is 49.2 Å². The number of carbonyl (C=O) groups is 6. The van der Waals surface area contributed by atoms with E-state index in [9.17, 15) is 49.2 Å². The molecule has 114 heavy (non-hydrogen) atoms. The first-order chi connectivity index (χ1) is 55.2. The third-order valence-electron chi connectivity index (χ3n) is 25.3. The summed E-state index contributed by atoms with van der Waals surface area (Å²) in [4.78, 5) is 110. The smallest absolute Gasteiger partial charge is 0.227 e. The van der Waals surface area contributed by atoms with Gasteiger partial charge in [0.15, 0.2) is 11.3 Å². The lowest BCUT2D eigenvalue weighted by atomic mass is 9.87. The van der Waals surface area contributed by atoms with Crippen molar-refractivity contribution >= 4 is 69.2 Å². The van der Waals surface area contributed by atoms with Gasteiger partial charge in [-0.2, -0.15) is 9.97 Å². The van der Waals surface area contributed by atoms with Gasteiger partial charge in [0.1, 0.15) is 46.4 Å². The lowest BCUT2D eigenvalue weighted by Gasteiger charge is -2.21. The molecule has 610 valence electrons. The molecule has 2 amide bonds. The summed E-state index contributed by atoms with van der Waals surface area (Å²) in [5.41, 5.74) is 9.41. The number of fused-ring (bicyclic) bond motifs is 2. The first-order valence-electron chi connectivity index (χ1n) is 42.7. The summed E-state index contributed by atoms with van der Waals surface area (Å²) in [6.45, 7) is 17.2. The molecule has 3 aliphatic carbocycles. The summed E-state index contributed by atoms with van der Waals surface area (Å²) in [5.74, 6) is 3.34. The molecule has 15 rings (SSSR count). The van der Waals surface area contributed by atoms with Crippen molar-refractivity contribution in [2.24, 2.45) is 35.5 Å². The Balaban J connectivity index is 0.000000173.